The summed E-state index contributed by atoms with van der Waals surface area (Å²) in [4.78, 5) is 14.7. The lowest BCUT2D eigenvalue weighted by molar-refractivity contribution is 0.0465. The van der Waals surface area contributed by atoms with E-state index >= 15 is 0 Å². The van der Waals surface area contributed by atoms with E-state index < -0.39 is 0 Å². The van der Waals surface area contributed by atoms with E-state index in [-0.39, 0.29) is 5.97 Å². The molecule has 0 unspecified atom stereocenters. The Morgan fingerprint density at radius 3 is 2.71 bits per heavy atom. The number of aromatic nitrogens is 1. The topological polar surface area (TPSA) is 42.1 Å². The number of benzene rings is 1. The summed E-state index contributed by atoms with van der Waals surface area (Å²) in [7, 11) is 0. The smallest absolute Gasteiger partial charge is 0.355 e. The molecule has 3 heteroatoms. The number of hydrogen-bond donors (Lipinski definition) is 1. The predicted octanol–water partition coefficient (Wildman–Crippen LogP) is 2.93. The second kappa shape index (κ2) is 5.34. The minimum absolute atomic E-state index is 0.296. The Morgan fingerprint density at radius 2 is 2.00 bits per heavy atom. The van der Waals surface area contributed by atoms with Crippen LogP contribution in [0.1, 0.15) is 28.5 Å². The molecule has 1 heterocycles. The van der Waals surface area contributed by atoms with Crippen molar-refractivity contribution in [2.75, 3.05) is 0 Å². The van der Waals surface area contributed by atoms with E-state index in [2.05, 4.69) is 4.98 Å². The summed E-state index contributed by atoms with van der Waals surface area (Å²) >= 11 is 0. The maximum absolute atomic E-state index is 11.8. The average Bonchev–Trinajstić information content (AvgIpc) is 2.85. The summed E-state index contributed by atoms with van der Waals surface area (Å²) in [6.07, 6.45) is 2.58. The molecule has 1 N–H and O–H groups in total. The third-order valence-corrected chi connectivity index (χ3v) is 2.63. The van der Waals surface area contributed by atoms with Crippen LogP contribution >= 0.6 is 0 Å². The van der Waals surface area contributed by atoms with Gasteiger partial charge in [-0.15, -0.1) is 0 Å². The molecule has 1 aromatic carbocycles. The van der Waals surface area contributed by atoms with Crippen LogP contribution in [0.25, 0.3) is 0 Å². The molecule has 0 fully saturated rings. The van der Waals surface area contributed by atoms with Crippen LogP contribution in [0, 0.1) is 0 Å². The Labute approximate surface area is 100 Å². The van der Waals surface area contributed by atoms with Crippen molar-refractivity contribution in [2.45, 2.75) is 20.0 Å². The van der Waals surface area contributed by atoms with Gasteiger partial charge in [-0.25, -0.2) is 4.79 Å². The summed E-state index contributed by atoms with van der Waals surface area (Å²) in [6, 6.07) is 11.6. The SMILES string of the molecule is CCc1cc[nH]c1C(=O)OCc1ccccc1. The highest BCUT2D eigenvalue weighted by Gasteiger charge is 2.12. The second-order valence-corrected chi connectivity index (χ2v) is 3.79. The molecule has 0 amide bonds. The number of rotatable bonds is 4. The standard InChI is InChI=1S/C14H15NO2/c1-2-12-8-9-15-13(12)14(16)17-10-11-6-4-3-5-7-11/h3-9,15H,2,10H2,1H3. The van der Waals surface area contributed by atoms with Crippen LogP contribution in [0.4, 0.5) is 0 Å². The fraction of sp³-hybridized carbons (Fsp3) is 0.214. The van der Waals surface area contributed by atoms with Crippen molar-refractivity contribution in [3.8, 4) is 0 Å². The van der Waals surface area contributed by atoms with E-state index in [1.165, 1.54) is 0 Å². The van der Waals surface area contributed by atoms with Gasteiger partial charge in [0.2, 0.25) is 0 Å². The van der Waals surface area contributed by atoms with Gasteiger partial charge in [-0.3, -0.25) is 0 Å². The number of ether oxygens (including phenoxy) is 1. The van der Waals surface area contributed by atoms with Crippen LogP contribution in [0.5, 0.6) is 0 Å². The minimum atomic E-state index is -0.296. The molecule has 0 atom stereocenters. The van der Waals surface area contributed by atoms with Crippen molar-refractivity contribution in [3.63, 3.8) is 0 Å². The monoisotopic (exact) mass is 229 g/mol. The Balaban J connectivity index is 1.98. The summed E-state index contributed by atoms with van der Waals surface area (Å²) in [5, 5.41) is 0. The lowest BCUT2D eigenvalue weighted by atomic mass is 10.2. The Kier molecular flexibility index (Phi) is 3.60. The summed E-state index contributed by atoms with van der Waals surface area (Å²) in [5.74, 6) is -0.296. The lowest BCUT2D eigenvalue weighted by Gasteiger charge is -2.05. The van der Waals surface area contributed by atoms with Gasteiger partial charge >= 0.3 is 5.97 Å². The number of hydrogen-bond acceptors (Lipinski definition) is 2. The van der Waals surface area contributed by atoms with Crippen molar-refractivity contribution in [1.29, 1.82) is 0 Å². The molecule has 88 valence electrons. The molecule has 0 aliphatic carbocycles. The zero-order valence-corrected chi connectivity index (χ0v) is 9.77. The molecule has 0 spiro atoms. The highest BCUT2D eigenvalue weighted by Crippen LogP contribution is 2.10. The molecule has 0 bridgehead atoms. The summed E-state index contributed by atoms with van der Waals surface area (Å²) in [6.45, 7) is 2.32. The van der Waals surface area contributed by atoms with Crippen molar-refractivity contribution >= 4 is 5.97 Å². The average molecular weight is 229 g/mol. The second-order valence-electron chi connectivity index (χ2n) is 3.79. The van der Waals surface area contributed by atoms with Crippen LogP contribution in [-0.2, 0) is 17.8 Å². The number of aromatic amines is 1. The minimum Gasteiger partial charge on any atom is -0.456 e. The molecular formula is C14H15NO2. The maximum atomic E-state index is 11.8. The first kappa shape index (κ1) is 11.5. The van der Waals surface area contributed by atoms with Gasteiger partial charge in [-0.05, 0) is 23.6 Å². The third kappa shape index (κ3) is 2.75. The fourth-order valence-corrected chi connectivity index (χ4v) is 1.68. The van der Waals surface area contributed by atoms with Gasteiger partial charge in [0.25, 0.3) is 0 Å². The number of nitrogens with one attached hydrogen (secondary N) is 1. The Morgan fingerprint density at radius 1 is 1.24 bits per heavy atom. The van der Waals surface area contributed by atoms with Crippen LogP contribution in [-0.4, -0.2) is 11.0 Å². The number of H-pyrrole nitrogens is 1. The molecule has 1 aromatic heterocycles. The number of carbonyl (C=O) groups excluding carboxylic acids is 1. The van der Waals surface area contributed by atoms with E-state index in [1.807, 2.05) is 43.3 Å². The molecule has 2 aromatic rings. The first-order valence-electron chi connectivity index (χ1n) is 5.68. The van der Waals surface area contributed by atoms with E-state index in [1.54, 1.807) is 6.20 Å². The fourth-order valence-electron chi connectivity index (χ4n) is 1.68. The molecule has 0 saturated carbocycles. The Hall–Kier alpha value is -2.03. The molecule has 17 heavy (non-hydrogen) atoms. The third-order valence-electron chi connectivity index (χ3n) is 2.63. The highest BCUT2D eigenvalue weighted by molar-refractivity contribution is 5.89. The lowest BCUT2D eigenvalue weighted by Crippen LogP contribution is -2.07. The van der Waals surface area contributed by atoms with E-state index in [4.69, 9.17) is 4.74 Å². The number of esters is 1. The normalized spacial score (nSPS) is 10.2. The van der Waals surface area contributed by atoms with Crippen molar-refractivity contribution in [3.05, 3.63) is 59.4 Å². The van der Waals surface area contributed by atoms with Crippen LogP contribution in [0.15, 0.2) is 42.6 Å². The molecule has 0 radical (unpaired) electrons. The predicted molar refractivity (Wildman–Crippen MR) is 65.7 cm³/mol. The highest BCUT2D eigenvalue weighted by atomic mass is 16.5. The molecule has 3 nitrogen and oxygen atoms in total. The van der Waals surface area contributed by atoms with Crippen molar-refractivity contribution in [1.82, 2.24) is 4.98 Å². The van der Waals surface area contributed by atoms with E-state index in [9.17, 15) is 4.79 Å². The first-order chi connectivity index (χ1) is 8.31. The van der Waals surface area contributed by atoms with E-state index in [0.717, 1.165) is 17.5 Å². The number of aryl methyl sites for hydroxylation is 1. The van der Waals surface area contributed by atoms with Crippen LogP contribution in [0.2, 0.25) is 0 Å². The van der Waals surface area contributed by atoms with Gasteiger partial charge in [0.05, 0.1) is 0 Å². The number of carbonyl (C=O) groups is 1. The summed E-state index contributed by atoms with van der Waals surface area (Å²) in [5.41, 5.74) is 2.54. The van der Waals surface area contributed by atoms with E-state index in [0.29, 0.717) is 12.3 Å². The summed E-state index contributed by atoms with van der Waals surface area (Å²) < 4.78 is 5.24. The van der Waals surface area contributed by atoms with Gasteiger partial charge in [0.15, 0.2) is 0 Å². The molecule has 0 aliphatic rings. The van der Waals surface area contributed by atoms with Gasteiger partial charge in [0.1, 0.15) is 12.3 Å². The molecular weight excluding hydrogens is 214 g/mol. The van der Waals surface area contributed by atoms with Gasteiger partial charge in [0, 0.05) is 6.20 Å². The van der Waals surface area contributed by atoms with Crippen molar-refractivity contribution in [2.24, 2.45) is 0 Å². The van der Waals surface area contributed by atoms with Gasteiger partial charge < -0.3 is 9.72 Å². The maximum Gasteiger partial charge on any atom is 0.355 e. The first-order valence-corrected chi connectivity index (χ1v) is 5.68. The molecule has 0 aliphatic heterocycles. The molecule has 2 rings (SSSR count). The van der Waals surface area contributed by atoms with Gasteiger partial charge in [-0.2, -0.15) is 0 Å². The quantitative estimate of drug-likeness (QED) is 0.819. The zero-order chi connectivity index (χ0) is 12.1. The van der Waals surface area contributed by atoms with Crippen LogP contribution < -0.4 is 0 Å². The molecule has 0 saturated heterocycles. The van der Waals surface area contributed by atoms with Gasteiger partial charge in [-0.1, -0.05) is 37.3 Å². The Bertz CT molecular complexity index is 488. The largest absolute Gasteiger partial charge is 0.456 e. The zero-order valence-electron chi connectivity index (χ0n) is 9.77. The van der Waals surface area contributed by atoms with Crippen LogP contribution in [0.3, 0.4) is 0 Å². The van der Waals surface area contributed by atoms with Crippen molar-refractivity contribution < 1.29 is 9.53 Å².